The van der Waals surface area contributed by atoms with Gasteiger partial charge in [0.15, 0.2) is 16.5 Å². The summed E-state index contributed by atoms with van der Waals surface area (Å²) in [6.45, 7) is 12.7. The van der Waals surface area contributed by atoms with Gasteiger partial charge in [-0.25, -0.2) is 8.78 Å². The van der Waals surface area contributed by atoms with Gasteiger partial charge >= 0.3 is 10.1 Å². The summed E-state index contributed by atoms with van der Waals surface area (Å²) in [5.74, 6) is -10.1. The Balaban J connectivity index is 2.44. The molecule has 0 bridgehead atoms. The zero-order valence-electron chi connectivity index (χ0n) is 18.2. The van der Waals surface area contributed by atoms with Crippen molar-refractivity contribution in [2.75, 3.05) is 0 Å². The Morgan fingerprint density at radius 2 is 1.32 bits per heavy atom. The Bertz CT molecular complexity index is 1040. The Morgan fingerprint density at radius 1 is 0.871 bits per heavy atom. The summed E-state index contributed by atoms with van der Waals surface area (Å²) in [4.78, 5) is -2.11. The number of ether oxygens (including phenoxy) is 1. The Kier molecular flexibility index (Phi) is 6.83. The third kappa shape index (κ3) is 5.77. The van der Waals surface area contributed by atoms with Gasteiger partial charge in [-0.2, -0.15) is 17.2 Å². The molecule has 0 aromatic heterocycles. The van der Waals surface area contributed by atoms with E-state index >= 15 is 0 Å². The largest absolute Gasteiger partial charge is 0.451 e. The van der Waals surface area contributed by atoms with E-state index in [2.05, 4.69) is 41.5 Å². The summed E-state index contributed by atoms with van der Waals surface area (Å²) in [6.07, 6.45) is 0.869. The average Bonchev–Trinajstić information content (AvgIpc) is 2.60. The first-order valence-corrected chi connectivity index (χ1v) is 11.0. The fourth-order valence-electron chi connectivity index (χ4n) is 3.33. The summed E-state index contributed by atoms with van der Waals surface area (Å²) in [7, 11) is -5.53. The van der Waals surface area contributed by atoms with Crippen molar-refractivity contribution in [1.29, 1.82) is 0 Å². The first-order chi connectivity index (χ1) is 13.9. The van der Waals surface area contributed by atoms with Gasteiger partial charge in [-0.3, -0.25) is 4.55 Å². The quantitative estimate of drug-likeness (QED) is 0.300. The first-order valence-electron chi connectivity index (χ1n) is 9.54. The first kappa shape index (κ1) is 25.1. The molecule has 0 saturated heterocycles. The molecule has 0 amide bonds. The van der Waals surface area contributed by atoms with E-state index in [0.717, 1.165) is 12.0 Å². The lowest BCUT2D eigenvalue weighted by Gasteiger charge is -2.36. The highest BCUT2D eigenvalue weighted by Gasteiger charge is 2.34. The smallest absolute Gasteiger partial charge is 0.300 e. The van der Waals surface area contributed by atoms with Crippen LogP contribution in [0.2, 0.25) is 0 Å². The minimum Gasteiger partial charge on any atom is -0.451 e. The van der Waals surface area contributed by atoms with Crippen molar-refractivity contribution in [2.24, 2.45) is 10.8 Å². The van der Waals surface area contributed by atoms with Crippen molar-refractivity contribution in [3.63, 3.8) is 0 Å². The van der Waals surface area contributed by atoms with E-state index in [-0.39, 0.29) is 22.5 Å². The maximum absolute atomic E-state index is 14.2. The molecule has 1 atom stereocenters. The summed E-state index contributed by atoms with van der Waals surface area (Å²) >= 11 is 0. The van der Waals surface area contributed by atoms with E-state index < -0.39 is 44.0 Å². The molecule has 0 aliphatic heterocycles. The fourth-order valence-corrected chi connectivity index (χ4v) is 3.96. The van der Waals surface area contributed by atoms with E-state index in [0.29, 0.717) is 0 Å². The molecule has 1 N–H and O–H groups in total. The van der Waals surface area contributed by atoms with E-state index in [1.807, 2.05) is 0 Å². The van der Waals surface area contributed by atoms with Crippen LogP contribution < -0.4 is 4.74 Å². The predicted molar refractivity (Wildman–Crippen MR) is 109 cm³/mol. The standard InChI is InChI=1S/C22H26F4O4S/c1-21(2,3)11-14(22(4,5)6)12-7-9-13(10-8-12)30-19-15(23)17(25)20(31(27,28)29)18(26)16(19)24/h7-10,14H,11H2,1-6H3,(H,27,28,29). The van der Waals surface area contributed by atoms with Crippen LogP contribution in [0.1, 0.15) is 59.4 Å². The van der Waals surface area contributed by atoms with Gasteiger partial charge in [0.05, 0.1) is 0 Å². The van der Waals surface area contributed by atoms with Crippen molar-refractivity contribution >= 4 is 10.1 Å². The monoisotopic (exact) mass is 462 g/mol. The number of rotatable bonds is 5. The van der Waals surface area contributed by atoms with Gasteiger partial charge in [0.1, 0.15) is 5.75 Å². The van der Waals surface area contributed by atoms with Crippen LogP contribution in [0.25, 0.3) is 0 Å². The predicted octanol–water partition coefficient (Wildman–Crippen LogP) is 6.85. The van der Waals surface area contributed by atoms with Gasteiger partial charge in [0.25, 0.3) is 0 Å². The second kappa shape index (κ2) is 8.43. The van der Waals surface area contributed by atoms with Gasteiger partial charge in [0, 0.05) is 0 Å². The van der Waals surface area contributed by atoms with Gasteiger partial charge in [-0.15, -0.1) is 0 Å². The molecule has 2 rings (SSSR count). The molecular formula is C22H26F4O4S. The lowest BCUT2D eigenvalue weighted by molar-refractivity contribution is 0.229. The average molecular weight is 463 g/mol. The molecule has 172 valence electrons. The van der Waals surface area contributed by atoms with E-state index in [1.165, 1.54) is 12.1 Å². The molecule has 0 spiro atoms. The van der Waals surface area contributed by atoms with Gasteiger partial charge in [0.2, 0.25) is 17.4 Å². The topological polar surface area (TPSA) is 63.6 Å². The number of hydrogen-bond acceptors (Lipinski definition) is 3. The fraction of sp³-hybridized carbons (Fsp3) is 0.455. The van der Waals surface area contributed by atoms with Crippen LogP contribution in [0, 0.1) is 34.1 Å². The number of hydrogen-bond donors (Lipinski definition) is 1. The molecule has 0 radical (unpaired) electrons. The third-order valence-corrected chi connectivity index (χ3v) is 5.68. The molecule has 31 heavy (non-hydrogen) atoms. The SMILES string of the molecule is CC(C)(C)CC(c1ccc(Oc2c(F)c(F)c(S(=O)(=O)O)c(F)c2F)cc1)C(C)(C)C. The molecule has 2 aromatic carbocycles. The molecule has 9 heteroatoms. The molecule has 0 saturated carbocycles. The number of benzene rings is 2. The van der Waals surface area contributed by atoms with Gasteiger partial charge < -0.3 is 4.74 Å². The summed E-state index contributed by atoms with van der Waals surface area (Å²) in [5, 5.41) is 0. The van der Waals surface area contributed by atoms with E-state index in [4.69, 9.17) is 9.29 Å². The molecule has 0 aliphatic rings. The normalized spacial score (nSPS) is 13.9. The highest BCUT2D eigenvalue weighted by molar-refractivity contribution is 7.85. The minimum atomic E-state index is -5.53. The van der Waals surface area contributed by atoms with Crippen molar-refractivity contribution in [1.82, 2.24) is 0 Å². The number of halogens is 4. The molecule has 4 nitrogen and oxygen atoms in total. The van der Waals surface area contributed by atoms with Gasteiger partial charge in [-0.05, 0) is 40.9 Å². The second-order valence-electron chi connectivity index (χ2n) is 9.74. The van der Waals surface area contributed by atoms with Crippen molar-refractivity contribution < 1.29 is 35.3 Å². The lowest BCUT2D eigenvalue weighted by Crippen LogP contribution is -2.23. The van der Waals surface area contributed by atoms with Crippen LogP contribution in [0.3, 0.4) is 0 Å². The summed E-state index contributed by atoms with van der Waals surface area (Å²) in [5.41, 5.74) is 0.921. The summed E-state index contributed by atoms with van der Waals surface area (Å²) in [6, 6.07) is 6.21. The zero-order chi connectivity index (χ0) is 23.9. The molecule has 0 fully saturated rings. The Morgan fingerprint density at radius 3 is 1.68 bits per heavy atom. The van der Waals surface area contributed by atoms with Crippen LogP contribution >= 0.6 is 0 Å². The maximum Gasteiger partial charge on any atom is 0.300 e. The van der Waals surface area contributed by atoms with E-state index in [1.54, 1.807) is 12.1 Å². The molecule has 0 aliphatic carbocycles. The van der Waals surface area contributed by atoms with Crippen LogP contribution in [0.15, 0.2) is 29.2 Å². The van der Waals surface area contributed by atoms with Crippen molar-refractivity contribution in [3.8, 4) is 11.5 Å². The third-order valence-electron chi connectivity index (χ3n) is 4.81. The van der Waals surface area contributed by atoms with Crippen LogP contribution in [-0.2, 0) is 10.1 Å². The zero-order valence-corrected chi connectivity index (χ0v) is 19.0. The molecule has 1 unspecified atom stereocenters. The van der Waals surface area contributed by atoms with Crippen LogP contribution in [0.5, 0.6) is 11.5 Å². The minimum absolute atomic E-state index is 0.0449. The molecule has 0 heterocycles. The highest BCUT2D eigenvalue weighted by atomic mass is 32.2. The van der Waals surface area contributed by atoms with Crippen LogP contribution in [0.4, 0.5) is 17.6 Å². The van der Waals surface area contributed by atoms with Gasteiger partial charge in [-0.1, -0.05) is 53.7 Å². The highest BCUT2D eigenvalue weighted by Crippen LogP contribution is 2.43. The second-order valence-corrected chi connectivity index (χ2v) is 11.1. The molecule has 2 aromatic rings. The van der Waals surface area contributed by atoms with Crippen LogP contribution in [-0.4, -0.2) is 13.0 Å². The Labute approximate surface area is 180 Å². The summed E-state index contributed by atoms with van der Waals surface area (Å²) < 4.78 is 92.2. The van der Waals surface area contributed by atoms with Crippen molar-refractivity contribution in [3.05, 3.63) is 53.1 Å². The van der Waals surface area contributed by atoms with E-state index in [9.17, 15) is 26.0 Å². The Hall–Kier alpha value is -2.13. The van der Waals surface area contributed by atoms with Crippen molar-refractivity contribution in [2.45, 2.75) is 58.8 Å². The maximum atomic E-state index is 14.2. The molecular weight excluding hydrogens is 436 g/mol. The lowest BCUT2D eigenvalue weighted by atomic mass is 9.69.